The van der Waals surface area contributed by atoms with Crippen molar-refractivity contribution in [2.75, 3.05) is 23.4 Å². The Kier molecular flexibility index (Phi) is 6.89. The number of amides is 1. The summed E-state index contributed by atoms with van der Waals surface area (Å²) in [7, 11) is -3.07. The number of halogens is 3. The Hall–Kier alpha value is -1.31. The van der Waals surface area contributed by atoms with Gasteiger partial charge in [-0.1, -0.05) is 65.1 Å². The molecule has 0 unspecified atom stereocenters. The molecule has 0 radical (unpaired) electrons. The summed E-state index contributed by atoms with van der Waals surface area (Å²) in [5.41, 5.74) is 1.37. The van der Waals surface area contributed by atoms with Crippen LogP contribution < -0.4 is 5.32 Å². The maximum atomic E-state index is 12.6. The molecule has 1 saturated heterocycles. The zero-order chi connectivity index (χ0) is 20.3. The van der Waals surface area contributed by atoms with Crippen molar-refractivity contribution in [2.45, 2.75) is 19.0 Å². The number of carbonyl (C=O) groups excluding carboxylic acids is 1. The molecular weight excluding hydrogens is 443 g/mol. The number of nitrogens with zero attached hydrogens (tertiary/aromatic N) is 1. The van der Waals surface area contributed by atoms with E-state index >= 15 is 0 Å². The Morgan fingerprint density at radius 3 is 2.39 bits per heavy atom. The van der Waals surface area contributed by atoms with Gasteiger partial charge in [0.1, 0.15) is 0 Å². The summed E-state index contributed by atoms with van der Waals surface area (Å²) in [5.74, 6) is -0.107. The fourth-order valence-corrected chi connectivity index (χ4v) is 5.54. The van der Waals surface area contributed by atoms with Gasteiger partial charge in [-0.05, 0) is 24.1 Å². The summed E-state index contributed by atoms with van der Waals surface area (Å²) >= 11 is 18.0. The van der Waals surface area contributed by atoms with Gasteiger partial charge in [-0.15, -0.1) is 0 Å². The van der Waals surface area contributed by atoms with E-state index in [0.29, 0.717) is 23.7 Å². The van der Waals surface area contributed by atoms with E-state index in [9.17, 15) is 13.2 Å². The van der Waals surface area contributed by atoms with E-state index in [1.54, 1.807) is 0 Å². The minimum atomic E-state index is -3.07. The number of nitrogens with one attached hydrogen (secondary N) is 1. The topological polar surface area (TPSA) is 66.5 Å². The van der Waals surface area contributed by atoms with Crippen LogP contribution in [0.2, 0.25) is 15.1 Å². The molecule has 5 nitrogen and oxygen atoms in total. The summed E-state index contributed by atoms with van der Waals surface area (Å²) in [5, 5.41) is 3.59. The highest BCUT2D eigenvalue weighted by Gasteiger charge is 2.33. The van der Waals surface area contributed by atoms with Gasteiger partial charge < -0.3 is 5.32 Å². The number of anilines is 1. The first-order valence-corrected chi connectivity index (χ1v) is 11.6. The molecule has 0 saturated carbocycles. The van der Waals surface area contributed by atoms with E-state index < -0.39 is 9.84 Å². The highest BCUT2D eigenvalue weighted by Crippen LogP contribution is 2.32. The molecule has 0 aliphatic carbocycles. The van der Waals surface area contributed by atoms with Crippen molar-refractivity contribution in [1.82, 2.24) is 4.90 Å². The van der Waals surface area contributed by atoms with Gasteiger partial charge >= 0.3 is 0 Å². The van der Waals surface area contributed by atoms with Gasteiger partial charge in [-0.2, -0.15) is 0 Å². The summed E-state index contributed by atoms with van der Waals surface area (Å²) in [4.78, 5) is 14.5. The van der Waals surface area contributed by atoms with Crippen molar-refractivity contribution in [2.24, 2.45) is 0 Å². The molecule has 1 aliphatic heterocycles. The molecular formula is C19H19Cl3N2O3S. The van der Waals surface area contributed by atoms with Crippen LogP contribution in [0.15, 0.2) is 42.5 Å². The largest absolute Gasteiger partial charge is 0.324 e. The molecule has 1 atom stereocenters. The Balaban J connectivity index is 1.75. The summed E-state index contributed by atoms with van der Waals surface area (Å²) in [6.45, 7) is 0.509. The fourth-order valence-electron chi connectivity index (χ4n) is 3.19. The second kappa shape index (κ2) is 9.01. The van der Waals surface area contributed by atoms with Crippen molar-refractivity contribution in [3.63, 3.8) is 0 Å². The molecule has 2 aromatic carbocycles. The molecule has 3 rings (SSSR count). The van der Waals surface area contributed by atoms with Crippen LogP contribution >= 0.6 is 34.8 Å². The Bertz CT molecular complexity index is 968. The van der Waals surface area contributed by atoms with Crippen molar-refractivity contribution in [3.05, 3.63) is 63.1 Å². The van der Waals surface area contributed by atoms with Crippen LogP contribution in [0.3, 0.4) is 0 Å². The molecule has 1 aliphatic rings. The third-order valence-corrected chi connectivity index (χ3v) is 7.37. The molecule has 150 valence electrons. The van der Waals surface area contributed by atoms with Gasteiger partial charge in [0, 0.05) is 12.6 Å². The first kappa shape index (κ1) is 21.4. The van der Waals surface area contributed by atoms with E-state index in [4.69, 9.17) is 34.8 Å². The standard InChI is InChI=1S/C19H19Cl3N2O3S/c20-15-8-17(22)18(9-16(15)21)23-19(25)11-24(10-13-4-2-1-3-5-13)14-6-7-28(26,27)12-14/h1-5,8-9,14H,6-7,10-12H2,(H,23,25)/t14-/m0/s1. The van der Waals surface area contributed by atoms with Gasteiger partial charge in [0.25, 0.3) is 0 Å². The average molecular weight is 462 g/mol. The Morgan fingerprint density at radius 2 is 1.75 bits per heavy atom. The van der Waals surface area contributed by atoms with Crippen molar-refractivity contribution >= 4 is 56.2 Å². The number of sulfone groups is 1. The Labute approximate surface area is 179 Å². The molecule has 0 aromatic heterocycles. The summed E-state index contributed by atoms with van der Waals surface area (Å²) in [6, 6.07) is 12.4. The minimum absolute atomic E-state index is 0.0334. The highest BCUT2D eigenvalue weighted by atomic mass is 35.5. The van der Waals surface area contributed by atoms with E-state index in [-0.39, 0.29) is 40.0 Å². The molecule has 1 heterocycles. The molecule has 0 spiro atoms. The SMILES string of the molecule is O=C(CN(Cc1ccccc1)[C@H]1CCS(=O)(=O)C1)Nc1cc(Cl)c(Cl)cc1Cl. The molecule has 0 bridgehead atoms. The summed E-state index contributed by atoms with van der Waals surface area (Å²) < 4.78 is 23.8. The number of carbonyl (C=O) groups is 1. The fraction of sp³-hybridized carbons (Fsp3) is 0.316. The van der Waals surface area contributed by atoms with Crippen LogP contribution in [-0.2, 0) is 21.2 Å². The van der Waals surface area contributed by atoms with Gasteiger partial charge in [0.15, 0.2) is 9.84 Å². The van der Waals surface area contributed by atoms with Crippen molar-refractivity contribution in [3.8, 4) is 0 Å². The van der Waals surface area contributed by atoms with Crippen LogP contribution in [0.5, 0.6) is 0 Å². The molecule has 9 heteroatoms. The smallest absolute Gasteiger partial charge is 0.238 e. The lowest BCUT2D eigenvalue weighted by Crippen LogP contribution is -2.41. The average Bonchev–Trinajstić information content (AvgIpc) is 3.00. The number of hydrogen-bond acceptors (Lipinski definition) is 4. The van der Waals surface area contributed by atoms with E-state index in [2.05, 4.69) is 5.32 Å². The number of hydrogen-bond donors (Lipinski definition) is 1. The third kappa shape index (κ3) is 5.61. The minimum Gasteiger partial charge on any atom is -0.324 e. The van der Waals surface area contributed by atoms with Gasteiger partial charge in [0.2, 0.25) is 5.91 Å². The first-order valence-electron chi connectivity index (χ1n) is 8.66. The maximum Gasteiger partial charge on any atom is 0.238 e. The van der Waals surface area contributed by atoms with Crippen LogP contribution in [0.4, 0.5) is 5.69 Å². The van der Waals surface area contributed by atoms with E-state index in [1.807, 2.05) is 35.2 Å². The van der Waals surface area contributed by atoms with Gasteiger partial charge in [-0.3, -0.25) is 9.69 Å². The molecule has 1 amide bonds. The van der Waals surface area contributed by atoms with Gasteiger partial charge in [0.05, 0.1) is 38.8 Å². The second-order valence-electron chi connectivity index (χ2n) is 6.74. The van der Waals surface area contributed by atoms with Crippen LogP contribution in [0.1, 0.15) is 12.0 Å². The van der Waals surface area contributed by atoms with Crippen molar-refractivity contribution < 1.29 is 13.2 Å². The predicted molar refractivity (Wildman–Crippen MR) is 114 cm³/mol. The lowest BCUT2D eigenvalue weighted by Gasteiger charge is -2.27. The quantitative estimate of drug-likeness (QED) is 0.652. The summed E-state index contributed by atoms with van der Waals surface area (Å²) in [6.07, 6.45) is 0.510. The van der Waals surface area contributed by atoms with Gasteiger partial charge in [-0.25, -0.2) is 8.42 Å². The number of benzene rings is 2. The second-order valence-corrected chi connectivity index (χ2v) is 10.2. The number of rotatable bonds is 6. The lowest BCUT2D eigenvalue weighted by atomic mass is 10.1. The molecule has 28 heavy (non-hydrogen) atoms. The normalized spacial score (nSPS) is 18.4. The monoisotopic (exact) mass is 460 g/mol. The lowest BCUT2D eigenvalue weighted by molar-refractivity contribution is -0.117. The highest BCUT2D eigenvalue weighted by molar-refractivity contribution is 7.91. The van der Waals surface area contributed by atoms with Crippen LogP contribution in [0, 0.1) is 0 Å². The molecule has 1 N–H and O–H groups in total. The van der Waals surface area contributed by atoms with E-state index in [0.717, 1.165) is 5.56 Å². The van der Waals surface area contributed by atoms with E-state index in [1.165, 1.54) is 12.1 Å². The zero-order valence-corrected chi connectivity index (χ0v) is 18.0. The zero-order valence-electron chi connectivity index (χ0n) is 14.9. The first-order chi connectivity index (χ1) is 13.2. The molecule has 1 fully saturated rings. The van der Waals surface area contributed by atoms with Crippen LogP contribution in [0.25, 0.3) is 0 Å². The maximum absolute atomic E-state index is 12.6. The Morgan fingerprint density at radius 1 is 1.07 bits per heavy atom. The predicted octanol–water partition coefficient (Wildman–Crippen LogP) is 4.27. The molecule has 2 aromatic rings. The third-order valence-electron chi connectivity index (χ3n) is 4.58. The van der Waals surface area contributed by atoms with Crippen molar-refractivity contribution in [1.29, 1.82) is 0 Å². The van der Waals surface area contributed by atoms with Crippen LogP contribution in [-0.4, -0.2) is 43.3 Å².